The van der Waals surface area contributed by atoms with Crippen LogP contribution in [-0.4, -0.2) is 33.8 Å². The highest BCUT2D eigenvalue weighted by Crippen LogP contribution is 2.19. The van der Waals surface area contributed by atoms with E-state index in [-0.39, 0.29) is 5.97 Å². The van der Waals surface area contributed by atoms with Crippen LogP contribution in [0.2, 0.25) is 0 Å². The Morgan fingerprint density at radius 3 is 2.29 bits per heavy atom. The van der Waals surface area contributed by atoms with E-state index in [0.29, 0.717) is 18.5 Å². The van der Waals surface area contributed by atoms with Crippen LogP contribution in [0.1, 0.15) is 12.0 Å². The molecule has 0 bridgehead atoms. The third-order valence-electron chi connectivity index (χ3n) is 3.82. The number of carbonyl (C=O) groups is 1. The van der Waals surface area contributed by atoms with Gasteiger partial charge in [0.25, 0.3) is 0 Å². The molecule has 4 nitrogen and oxygen atoms in total. The lowest BCUT2D eigenvalue weighted by molar-refractivity contribution is -0.136. The molecular weight excluding hydrogens is 302 g/mol. The zero-order chi connectivity index (χ0) is 17.4. The van der Waals surface area contributed by atoms with Crippen LogP contribution >= 0.6 is 0 Å². The predicted octanol–water partition coefficient (Wildman–Crippen LogP) is 3.78. The third-order valence-corrected chi connectivity index (χ3v) is 3.82. The second-order valence-corrected chi connectivity index (χ2v) is 5.44. The van der Waals surface area contributed by atoms with Crippen LogP contribution < -0.4 is 9.64 Å². The number of hydrogen-bond donors (Lipinski definition) is 0. The lowest BCUT2D eigenvalue weighted by atomic mass is 10.1. The number of ether oxygens (including phenoxy) is 2. The van der Waals surface area contributed by atoms with Crippen molar-refractivity contribution in [3.05, 3.63) is 65.7 Å². The largest absolute Gasteiger partial charge is 0.497 e. The van der Waals surface area contributed by atoms with Gasteiger partial charge in [-0.05, 0) is 42.3 Å². The monoisotopic (exact) mass is 325 g/mol. The van der Waals surface area contributed by atoms with Crippen molar-refractivity contribution in [3.8, 4) is 5.75 Å². The van der Waals surface area contributed by atoms with Gasteiger partial charge in [0.15, 0.2) is 0 Å². The van der Waals surface area contributed by atoms with Gasteiger partial charge in [-0.2, -0.15) is 0 Å². The summed E-state index contributed by atoms with van der Waals surface area (Å²) < 4.78 is 10.1. The standard InChI is InChI=1S/C20H23NO3/c1-21(18-9-11-19(23-2)12-10-18)14-13-17(20(22)24-3)15-16-7-5-4-6-8-16/h4-12,15H,13-14H2,1-3H3. The molecule has 2 aromatic rings. The van der Waals surface area contributed by atoms with E-state index in [1.807, 2.05) is 67.7 Å². The molecule has 0 fully saturated rings. The molecule has 126 valence electrons. The van der Waals surface area contributed by atoms with E-state index in [1.165, 1.54) is 7.11 Å². The van der Waals surface area contributed by atoms with E-state index in [0.717, 1.165) is 17.0 Å². The number of carbonyl (C=O) groups excluding carboxylic acids is 1. The van der Waals surface area contributed by atoms with E-state index in [9.17, 15) is 4.79 Å². The van der Waals surface area contributed by atoms with Crippen LogP contribution in [0, 0.1) is 0 Å². The van der Waals surface area contributed by atoms with Gasteiger partial charge in [0.2, 0.25) is 0 Å². The van der Waals surface area contributed by atoms with Gasteiger partial charge < -0.3 is 14.4 Å². The van der Waals surface area contributed by atoms with E-state index < -0.39 is 0 Å². The number of rotatable bonds is 7. The Balaban J connectivity index is 2.06. The minimum atomic E-state index is -0.290. The van der Waals surface area contributed by atoms with Crippen LogP contribution in [0.3, 0.4) is 0 Å². The first-order chi connectivity index (χ1) is 11.6. The lowest BCUT2D eigenvalue weighted by Crippen LogP contribution is -2.20. The summed E-state index contributed by atoms with van der Waals surface area (Å²) in [5, 5.41) is 0. The van der Waals surface area contributed by atoms with Crippen LogP contribution in [0.4, 0.5) is 5.69 Å². The highest BCUT2D eigenvalue weighted by molar-refractivity contribution is 5.93. The minimum absolute atomic E-state index is 0.290. The number of anilines is 1. The maximum Gasteiger partial charge on any atom is 0.333 e. The summed E-state index contributed by atoms with van der Waals surface area (Å²) in [6, 6.07) is 17.6. The number of nitrogens with zero attached hydrogens (tertiary/aromatic N) is 1. The molecule has 2 rings (SSSR count). The zero-order valence-corrected chi connectivity index (χ0v) is 14.4. The summed E-state index contributed by atoms with van der Waals surface area (Å²) in [6.07, 6.45) is 2.48. The molecule has 0 N–H and O–H groups in total. The fourth-order valence-electron chi connectivity index (χ4n) is 2.37. The van der Waals surface area contributed by atoms with Gasteiger partial charge in [0.1, 0.15) is 5.75 Å². The van der Waals surface area contributed by atoms with Crippen LogP contribution in [0.25, 0.3) is 6.08 Å². The number of benzene rings is 2. The third kappa shape index (κ3) is 4.88. The van der Waals surface area contributed by atoms with Crippen molar-refractivity contribution in [2.75, 3.05) is 32.7 Å². The average Bonchev–Trinajstić information content (AvgIpc) is 2.65. The summed E-state index contributed by atoms with van der Waals surface area (Å²) in [7, 11) is 5.06. The molecule has 0 unspecified atom stereocenters. The van der Waals surface area contributed by atoms with E-state index in [4.69, 9.17) is 9.47 Å². The van der Waals surface area contributed by atoms with Crippen LogP contribution in [0.5, 0.6) is 5.75 Å². The summed E-state index contributed by atoms with van der Waals surface area (Å²) in [5.41, 5.74) is 2.72. The number of esters is 1. The van der Waals surface area contributed by atoms with Crippen LogP contribution in [0.15, 0.2) is 60.2 Å². The van der Waals surface area contributed by atoms with Crippen molar-refractivity contribution in [3.63, 3.8) is 0 Å². The van der Waals surface area contributed by atoms with Crippen molar-refractivity contribution in [2.45, 2.75) is 6.42 Å². The molecule has 0 aliphatic rings. The molecule has 0 saturated heterocycles. The molecule has 2 aromatic carbocycles. The predicted molar refractivity (Wildman–Crippen MR) is 97.3 cm³/mol. The highest BCUT2D eigenvalue weighted by Gasteiger charge is 2.11. The fourth-order valence-corrected chi connectivity index (χ4v) is 2.37. The van der Waals surface area contributed by atoms with Crippen molar-refractivity contribution < 1.29 is 14.3 Å². The highest BCUT2D eigenvalue weighted by atomic mass is 16.5. The molecule has 0 aliphatic carbocycles. The summed E-state index contributed by atoms with van der Waals surface area (Å²) in [5.74, 6) is 0.536. The summed E-state index contributed by atoms with van der Waals surface area (Å²) >= 11 is 0. The van der Waals surface area contributed by atoms with E-state index in [2.05, 4.69) is 4.90 Å². The summed E-state index contributed by atoms with van der Waals surface area (Å²) in [4.78, 5) is 14.1. The van der Waals surface area contributed by atoms with Gasteiger partial charge >= 0.3 is 5.97 Å². The molecule has 0 heterocycles. The quantitative estimate of drug-likeness (QED) is 0.574. The molecule has 0 saturated carbocycles. The molecule has 4 heteroatoms. The van der Waals surface area contributed by atoms with Crippen molar-refractivity contribution in [1.29, 1.82) is 0 Å². The Bertz CT molecular complexity index is 678. The molecule has 0 aliphatic heterocycles. The molecule has 0 radical (unpaired) electrons. The first kappa shape index (κ1) is 17.6. The molecule has 0 aromatic heterocycles. The zero-order valence-electron chi connectivity index (χ0n) is 14.4. The lowest BCUT2D eigenvalue weighted by Gasteiger charge is -2.20. The Labute approximate surface area is 143 Å². The van der Waals surface area contributed by atoms with Crippen LogP contribution in [-0.2, 0) is 9.53 Å². The van der Waals surface area contributed by atoms with Crippen molar-refractivity contribution in [1.82, 2.24) is 0 Å². The number of methoxy groups -OCH3 is 2. The van der Waals surface area contributed by atoms with E-state index in [1.54, 1.807) is 7.11 Å². The molecular formula is C20H23NO3. The molecule has 0 amide bonds. The molecule has 0 atom stereocenters. The maximum atomic E-state index is 12.0. The first-order valence-electron chi connectivity index (χ1n) is 7.83. The van der Waals surface area contributed by atoms with Crippen molar-refractivity contribution in [2.24, 2.45) is 0 Å². The molecule has 0 spiro atoms. The SMILES string of the molecule is COC(=O)C(=Cc1ccccc1)CCN(C)c1ccc(OC)cc1. The Kier molecular flexibility index (Phi) is 6.43. The second kappa shape index (κ2) is 8.77. The number of hydrogen-bond acceptors (Lipinski definition) is 4. The normalized spacial score (nSPS) is 11.0. The Hall–Kier alpha value is -2.75. The van der Waals surface area contributed by atoms with Crippen molar-refractivity contribution >= 4 is 17.7 Å². The van der Waals surface area contributed by atoms with E-state index >= 15 is 0 Å². The van der Waals surface area contributed by atoms with Gasteiger partial charge in [-0.3, -0.25) is 0 Å². The summed E-state index contributed by atoms with van der Waals surface area (Å²) in [6.45, 7) is 0.708. The van der Waals surface area contributed by atoms with Gasteiger partial charge in [0, 0.05) is 24.9 Å². The van der Waals surface area contributed by atoms with Gasteiger partial charge in [-0.15, -0.1) is 0 Å². The maximum absolute atomic E-state index is 12.0. The minimum Gasteiger partial charge on any atom is -0.497 e. The fraction of sp³-hybridized carbons (Fsp3) is 0.250. The van der Waals surface area contributed by atoms with Gasteiger partial charge in [-0.25, -0.2) is 4.79 Å². The smallest absolute Gasteiger partial charge is 0.333 e. The topological polar surface area (TPSA) is 38.8 Å². The molecule has 24 heavy (non-hydrogen) atoms. The Morgan fingerprint density at radius 1 is 1.04 bits per heavy atom. The van der Waals surface area contributed by atoms with Gasteiger partial charge in [0.05, 0.1) is 14.2 Å². The second-order valence-electron chi connectivity index (χ2n) is 5.44. The Morgan fingerprint density at radius 2 is 1.71 bits per heavy atom. The van der Waals surface area contributed by atoms with Gasteiger partial charge in [-0.1, -0.05) is 30.3 Å². The average molecular weight is 325 g/mol. The first-order valence-corrected chi connectivity index (χ1v) is 7.83.